The van der Waals surface area contributed by atoms with Crippen molar-refractivity contribution < 1.29 is 8.95 Å². The fourth-order valence-corrected chi connectivity index (χ4v) is 2.44. The van der Waals surface area contributed by atoms with E-state index >= 15 is 0 Å². The van der Waals surface area contributed by atoms with Crippen LogP contribution in [0.2, 0.25) is 0 Å². The molecule has 3 nitrogen and oxygen atoms in total. The second-order valence-corrected chi connectivity index (χ2v) is 5.83. The number of nitrogens with one attached hydrogen (secondary N) is 1. The van der Waals surface area contributed by atoms with Gasteiger partial charge in [0.1, 0.15) is 0 Å². The minimum atomic E-state index is -0.622. The number of hydrogen-bond acceptors (Lipinski definition) is 3. The van der Waals surface area contributed by atoms with Gasteiger partial charge in [-0.05, 0) is 32.2 Å². The Morgan fingerprint density at radius 3 is 3.00 bits per heavy atom. The molecule has 0 bridgehead atoms. The van der Waals surface area contributed by atoms with Gasteiger partial charge >= 0.3 is 0 Å². The lowest BCUT2D eigenvalue weighted by Crippen LogP contribution is -2.23. The van der Waals surface area contributed by atoms with Crippen LogP contribution in [0.15, 0.2) is 0 Å². The van der Waals surface area contributed by atoms with Gasteiger partial charge in [-0.25, -0.2) is 0 Å². The van der Waals surface area contributed by atoms with Gasteiger partial charge in [-0.1, -0.05) is 6.92 Å². The van der Waals surface area contributed by atoms with Crippen LogP contribution in [0.4, 0.5) is 0 Å². The summed E-state index contributed by atoms with van der Waals surface area (Å²) in [6, 6.07) is 0. The minimum absolute atomic E-state index is 0.511. The first kappa shape index (κ1) is 13.1. The molecule has 0 aromatic heterocycles. The fourth-order valence-electron chi connectivity index (χ4n) is 1.78. The summed E-state index contributed by atoms with van der Waals surface area (Å²) in [5.74, 6) is 1.56. The van der Waals surface area contributed by atoms with E-state index in [1.165, 1.54) is 25.7 Å². The van der Waals surface area contributed by atoms with E-state index in [2.05, 4.69) is 5.32 Å². The molecule has 1 heterocycles. The minimum Gasteiger partial charge on any atom is -0.378 e. The van der Waals surface area contributed by atoms with Crippen LogP contribution in [0.1, 0.15) is 32.6 Å². The van der Waals surface area contributed by atoms with Gasteiger partial charge in [0.25, 0.3) is 0 Å². The molecule has 1 aliphatic rings. The smallest absolute Gasteiger partial charge is 0.0576 e. The third-order valence-corrected chi connectivity index (χ3v) is 4.04. The van der Waals surface area contributed by atoms with Gasteiger partial charge in [0.05, 0.1) is 6.10 Å². The Morgan fingerprint density at radius 2 is 2.33 bits per heavy atom. The highest BCUT2D eigenvalue weighted by atomic mass is 32.2. The second kappa shape index (κ2) is 8.25. The maximum Gasteiger partial charge on any atom is 0.0576 e. The van der Waals surface area contributed by atoms with Crippen LogP contribution in [0.5, 0.6) is 0 Å². The lowest BCUT2D eigenvalue weighted by molar-refractivity contribution is 0.102. The molecule has 15 heavy (non-hydrogen) atoms. The van der Waals surface area contributed by atoms with Crippen LogP contribution in [0, 0.1) is 0 Å². The third kappa shape index (κ3) is 6.28. The van der Waals surface area contributed by atoms with Gasteiger partial charge in [0.2, 0.25) is 0 Å². The van der Waals surface area contributed by atoms with Crippen LogP contribution in [-0.2, 0) is 15.5 Å². The molecule has 90 valence electrons. The van der Waals surface area contributed by atoms with Gasteiger partial charge in [0, 0.05) is 35.5 Å². The van der Waals surface area contributed by atoms with Gasteiger partial charge in [-0.2, -0.15) is 0 Å². The number of ether oxygens (including phenoxy) is 1. The van der Waals surface area contributed by atoms with Crippen LogP contribution in [0.3, 0.4) is 0 Å². The summed E-state index contributed by atoms with van der Waals surface area (Å²) in [6.45, 7) is 4.83. The lowest BCUT2D eigenvalue weighted by Gasteiger charge is -2.09. The molecule has 0 saturated carbocycles. The van der Waals surface area contributed by atoms with E-state index in [1.807, 2.05) is 6.92 Å². The molecular weight excluding hydrogens is 210 g/mol. The Hall–Kier alpha value is 0.0700. The van der Waals surface area contributed by atoms with Gasteiger partial charge < -0.3 is 10.1 Å². The molecule has 2 atom stereocenters. The summed E-state index contributed by atoms with van der Waals surface area (Å²) in [5, 5.41) is 3.33. The zero-order valence-electron chi connectivity index (χ0n) is 9.67. The number of rotatable bonds is 8. The lowest BCUT2D eigenvalue weighted by atomic mass is 10.1. The average molecular weight is 233 g/mol. The van der Waals surface area contributed by atoms with Crippen molar-refractivity contribution in [3.8, 4) is 0 Å². The molecule has 0 aliphatic carbocycles. The third-order valence-electron chi connectivity index (χ3n) is 2.73. The highest BCUT2D eigenvalue weighted by Crippen LogP contribution is 2.16. The SMILES string of the molecule is CCS(=O)CCNCCCC1CCCO1. The van der Waals surface area contributed by atoms with E-state index in [0.717, 1.165) is 31.2 Å². The van der Waals surface area contributed by atoms with Crippen molar-refractivity contribution in [2.75, 3.05) is 31.2 Å². The molecular formula is C11H23NO2S. The molecule has 4 heteroatoms. The molecule has 0 spiro atoms. The standard InChI is InChI=1S/C11H23NO2S/c1-2-15(13)10-8-12-7-3-5-11-6-4-9-14-11/h11-12H,2-10H2,1H3. The van der Waals surface area contributed by atoms with E-state index in [1.54, 1.807) is 0 Å². The summed E-state index contributed by atoms with van der Waals surface area (Å²) in [4.78, 5) is 0. The molecule has 1 N–H and O–H groups in total. The molecule has 0 aromatic rings. The van der Waals surface area contributed by atoms with Crippen molar-refractivity contribution in [2.24, 2.45) is 0 Å². The van der Waals surface area contributed by atoms with Crippen LogP contribution < -0.4 is 5.32 Å². The Balaban J connectivity index is 1.82. The Morgan fingerprint density at radius 1 is 1.47 bits per heavy atom. The predicted molar refractivity (Wildman–Crippen MR) is 64.6 cm³/mol. The maximum atomic E-state index is 11.1. The van der Waals surface area contributed by atoms with Crippen LogP contribution in [-0.4, -0.2) is 41.5 Å². The van der Waals surface area contributed by atoms with Crippen molar-refractivity contribution >= 4 is 10.8 Å². The molecule has 0 amide bonds. The highest BCUT2D eigenvalue weighted by molar-refractivity contribution is 7.84. The van der Waals surface area contributed by atoms with E-state index in [4.69, 9.17) is 4.74 Å². The monoisotopic (exact) mass is 233 g/mol. The highest BCUT2D eigenvalue weighted by Gasteiger charge is 2.14. The van der Waals surface area contributed by atoms with Crippen LogP contribution in [0.25, 0.3) is 0 Å². The molecule has 1 rings (SSSR count). The molecule has 1 saturated heterocycles. The van der Waals surface area contributed by atoms with E-state index < -0.39 is 10.8 Å². The molecule has 0 radical (unpaired) electrons. The topological polar surface area (TPSA) is 38.3 Å². The molecule has 2 unspecified atom stereocenters. The Bertz CT molecular complexity index is 181. The summed E-state index contributed by atoms with van der Waals surface area (Å²) in [5.41, 5.74) is 0. The van der Waals surface area contributed by atoms with E-state index in [9.17, 15) is 4.21 Å². The predicted octanol–water partition coefficient (Wildman–Crippen LogP) is 1.30. The van der Waals surface area contributed by atoms with Gasteiger partial charge in [0.15, 0.2) is 0 Å². The Labute approximate surface area is 95.4 Å². The molecule has 1 fully saturated rings. The Kier molecular flexibility index (Phi) is 7.22. The first-order valence-corrected chi connectivity index (χ1v) is 7.49. The molecule has 1 aliphatic heterocycles. The van der Waals surface area contributed by atoms with Gasteiger partial charge in [-0.3, -0.25) is 4.21 Å². The van der Waals surface area contributed by atoms with Crippen molar-refractivity contribution in [1.82, 2.24) is 5.32 Å². The summed E-state index contributed by atoms with van der Waals surface area (Å²) in [7, 11) is -0.622. The summed E-state index contributed by atoms with van der Waals surface area (Å²) >= 11 is 0. The van der Waals surface area contributed by atoms with E-state index in [-0.39, 0.29) is 0 Å². The second-order valence-electron chi connectivity index (χ2n) is 3.96. The van der Waals surface area contributed by atoms with Crippen LogP contribution >= 0.6 is 0 Å². The van der Waals surface area contributed by atoms with Crippen molar-refractivity contribution in [1.29, 1.82) is 0 Å². The zero-order chi connectivity index (χ0) is 10.9. The number of hydrogen-bond donors (Lipinski definition) is 1. The first-order chi connectivity index (χ1) is 7.33. The van der Waals surface area contributed by atoms with Crippen molar-refractivity contribution in [2.45, 2.75) is 38.7 Å². The quantitative estimate of drug-likeness (QED) is 0.642. The molecule has 0 aromatic carbocycles. The zero-order valence-corrected chi connectivity index (χ0v) is 10.5. The fraction of sp³-hybridized carbons (Fsp3) is 1.00. The summed E-state index contributed by atoms with van der Waals surface area (Å²) in [6.07, 6.45) is 5.32. The normalized spacial score (nSPS) is 23.1. The largest absolute Gasteiger partial charge is 0.378 e. The van der Waals surface area contributed by atoms with E-state index in [0.29, 0.717) is 6.10 Å². The van der Waals surface area contributed by atoms with Crippen molar-refractivity contribution in [3.63, 3.8) is 0 Å². The average Bonchev–Trinajstić information content (AvgIpc) is 2.75. The summed E-state index contributed by atoms with van der Waals surface area (Å²) < 4.78 is 16.6. The van der Waals surface area contributed by atoms with Gasteiger partial charge in [-0.15, -0.1) is 0 Å². The first-order valence-electron chi connectivity index (χ1n) is 6.00. The van der Waals surface area contributed by atoms with Crippen molar-refractivity contribution in [3.05, 3.63) is 0 Å². The maximum absolute atomic E-state index is 11.1.